The van der Waals surface area contributed by atoms with Gasteiger partial charge in [-0.3, -0.25) is 0 Å². The maximum Gasteiger partial charge on any atom is 0.0707 e. The summed E-state index contributed by atoms with van der Waals surface area (Å²) < 4.78 is -0.00338. The first kappa shape index (κ1) is 10.8. The molecule has 1 unspecified atom stereocenters. The Balaban J connectivity index is 2.90. The van der Waals surface area contributed by atoms with Crippen molar-refractivity contribution in [3.05, 3.63) is 0 Å². The summed E-state index contributed by atoms with van der Waals surface area (Å²) in [6.45, 7) is 6.76. The van der Waals surface area contributed by atoms with Crippen LogP contribution in [0, 0.1) is 17.8 Å². The highest BCUT2D eigenvalue weighted by Gasteiger charge is 2.50. The van der Waals surface area contributed by atoms with Gasteiger partial charge in [-0.25, -0.2) is 0 Å². The number of aliphatic hydroxyl groups excluding tert-OH is 1. The highest BCUT2D eigenvalue weighted by atomic mass is 127. The normalized spacial score (nSPS) is 54.4. The highest BCUT2D eigenvalue weighted by molar-refractivity contribution is 14.1. The predicted molar refractivity (Wildman–Crippen MR) is 60.8 cm³/mol. The smallest absolute Gasteiger partial charge is 0.0707 e. The van der Waals surface area contributed by atoms with Crippen LogP contribution in [0.15, 0.2) is 0 Å². The molecule has 0 aromatic rings. The third-order valence-corrected chi connectivity index (χ3v) is 6.04. The molecule has 68 valence electrons. The average Bonchev–Trinajstić information content (AvgIpc) is 2.22. The van der Waals surface area contributed by atoms with Gasteiger partial charge >= 0.3 is 0 Å². The van der Waals surface area contributed by atoms with E-state index in [4.69, 9.17) is 7.85 Å². The number of hydrogen-bond acceptors (Lipinski definition) is 1. The van der Waals surface area contributed by atoms with E-state index >= 15 is 0 Å². The molecule has 0 aromatic heterocycles. The number of alkyl halides is 1. The van der Waals surface area contributed by atoms with Crippen molar-refractivity contribution in [3.8, 4) is 0 Å². The third kappa shape index (κ3) is 1.33. The minimum absolute atomic E-state index is 0.00338. The van der Waals surface area contributed by atoms with E-state index in [9.17, 15) is 5.11 Å². The first-order valence-electron chi connectivity index (χ1n) is 4.50. The summed E-state index contributed by atoms with van der Waals surface area (Å²) in [4.78, 5) is 0. The van der Waals surface area contributed by atoms with Crippen molar-refractivity contribution in [3.63, 3.8) is 0 Å². The second-order valence-electron chi connectivity index (χ2n) is 4.10. The van der Waals surface area contributed by atoms with Gasteiger partial charge in [0.1, 0.15) is 0 Å². The van der Waals surface area contributed by atoms with E-state index in [0.717, 1.165) is 0 Å². The molecule has 1 rings (SSSR count). The molecule has 0 bridgehead atoms. The summed E-state index contributed by atoms with van der Waals surface area (Å²) >= 11 is 2.38. The van der Waals surface area contributed by atoms with Crippen LogP contribution >= 0.6 is 22.6 Å². The monoisotopic (exact) mass is 278 g/mol. The molecule has 1 nitrogen and oxygen atoms in total. The molecule has 0 aliphatic heterocycles. The number of hydrogen-bond donors (Lipinski definition) is 1. The van der Waals surface area contributed by atoms with Gasteiger partial charge in [-0.1, -0.05) is 49.2 Å². The Morgan fingerprint density at radius 2 is 1.83 bits per heavy atom. The van der Waals surface area contributed by atoms with Crippen molar-refractivity contribution in [1.29, 1.82) is 0 Å². The molecule has 2 radical (unpaired) electrons. The van der Waals surface area contributed by atoms with Gasteiger partial charge in [0.25, 0.3) is 0 Å². The predicted octanol–water partition coefficient (Wildman–Crippen LogP) is 2.03. The molecule has 1 aliphatic rings. The minimum Gasteiger partial charge on any atom is -0.395 e. The van der Waals surface area contributed by atoms with Gasteiger partial charge in [0.2, 0.25) is 0 Å². The van der Waals surface area contributed by atoms with Crippen LogP contribution in [-0.2, 0) is 0 Å². The first-order chi connectivity index (χ1) is 5.45. The van der Waals surface area contributed by atoms with E-state index in [0.29, 0.717) is 17.8 Å². The van der Waals surface area contributed by atoms with Crippen LogP contribution in [0.25, 0.3) is 0 Å². The molecule has 3 heteroatoms. The van der Waals surface area contributed by atoms with Gasteiger partial charge in [-0.15, -0.1) is 0 Å². The van der Waals surface area contributed by atoms with E-state index < -0.39 is 0 Å². The molecule has 1 saturated carbocycles. The largest absolute Gasteiger partial charge is 0.395 e. The standard InChI is InChI=1S/C9H16BIO/c1-5-6(2)9(11,4-12)7(3)8(5)10/h5-8,12H,4H2,1-3H3/t5-,6+,7-,8+,9?/m1/s1. The zero-order valence-electron chi connectivity index (χ0n) is 7.92. The first-order valence-corrected chi connectivity index (χ1v) is 5.58. The summed E-state index contributed by atoms with van der Waals surface area (Å²) in [5, 5.41) is 9.34. The van der Waals surface area contributed by atoms with Crippen molar-refractivity contribution in [2.45, 2.75) is 30.0 Å². The van der Waals surface area contributed by atoms with Gasteiger partial charge < -0.3 is 5.11 Å². The maximum absolute atomic E-state index is 9.34. The average molecular weight is 278 g/mol. The number of halogens is 1. The van der Waals surface area contributed by atoms with Crippen LogP contribution in [-0.4, -0.2) is 23.0 Å². The summed E-state index contributed by atoms with van der Waals surface area (Å²) in [7, 11) is 6.05. The highest BCUT2D eigenvalue weighted by Crippen LogP contribution is 2.54. The molecule has 0 aromatic carbocycles. The molecule has 0 amide bonds. The lowest BCUT2D eigenvalue weighted by Crippen LogP contribution is -2.35. The van der Waals surface area contributed by atoms with Crippen LogP contribution in [0.5, 0.6) is 0 Å². The Hall–Kier alpha value is 0.755. The molecule has 5 atom stereocenters. The summed E-state index contributed by atoms with van der Waals surface area (Å²) in [6.07, 6.45) is 0. The van der Waals surface area contributed by atoms with E-state index in [-0.39, 0.29) is 15.8 Å². The van der Waals surface area contributed by atoms with Crippen LogP contribution in [0.1, 0.15) is 20.8 Å². The van der Waals surface area contributed by atoms with E-state index in [1.807, 2.05) is 0 Å². The Morgan fingerprint density at radius 1 is 1.33 bits per heavy atom. The fraction of sp³-hybridized carbons (Fsp3) is 1.00. The molecule has 1 fully saturated rings. The zero-order valence-corrected chi connectivity index (χ0v) is 10.1. The molecule has 1 aliphatic carbocycles. The van der Waals surface area contributed by atoms with Crippen LogP contribution < -0.4 is 0 Å². The summed E-state index contributed by atoms with van der Waals surface area (Å²) in [5.41, 5.74) is 0. The Labute approximate surface area is 89.9 Å². The van der Waals surface area contributed by atoms with Gasteiger partial charge in [0.05, 0.1) is 17.9 Å². The quantitative estimate of drug-likeness (QED) is 0.442. The van der Waals surface area contributed by atoms with Crippen molar-refractivity contribution >= 4 is 30.4 Å². The Morgan fingerprint density at radius 3 is 2.00 bits per heavy atom. The minimum atomic E-state index is -0.00338. The lowest BCUT2D eigenvalue weighted by molar-refractivity contribution is 0.206. The third-order valence-electron chi connectivity index (χ3n) is 3.73. The van der Waals surface area contributed by atoms with Crippen molar-refractivity contribution in [1.82, 2.24) is 0 Å². The fourth-order valence-electron chi connectivity index (χ4n) is 2.25. The maximum atomic E-state index is 9.34. The molecule has 1 N–H and O–H groups in total. The molecule has 12 heavy (non-hydrogen) atoms. The number of aliphatic hydroxyl groups is 1. The molecule has 0 heterocycles. The summed E-state index contributed by atoms with van der Waals surface area (Å²) in [5.74, 6) is 1.68. The van der Waals surface area contributed by atoms with Gasteiger partial charge in [0.15, 0.2) is 0 Å². The second-order valence-corrected chi connectivity index (χ2v) is 6.11. The molecule has 0 saturated heterocycles. The van der Waals surface area contributed by atoms with E-state index in [2.05, 4.69) is 43.4 Å². The van der Waals surface area contributed by atoms with Gasteiger partial charge in [-0.2, -0.15) is 0 Å². The summed E-state index contributed by atoms with van der Waals surface area (Å²) in [6, 6.07) is 0. The molecular weight excluding hydrogens is 262 g/mol. The fourth-order valence-corrected chi connectivity index (χ4v) is 3.23. The van der Waals surface area contributed by atoms with E-state index in [1.54, 1.807) is 0 Å². The Bertz CT molecular complexity index is 160. The van der Waals surface area contributed by atoms with Crippen LogP contribution in [0.2, 0.25) is 5.82 Å². The van der Waals surface area contributed by atoms with Gasteiger partial charge in [-0.05, 0) is 17.8 Å². The lowest BCUT2D eigenvalue weighted by Gasteiger charge is -2.30. The van der Waals surface area contributed by atoms with Crippen molar-refractivity contribution < 1.29 is 5.11 Å². The Kier molecular flexibility index (Phi) is 3.15. The van der Waals surface area contributed by atoms with Crippen LogP contribution in [0.3, 0.4) is 0 Å². The van der Waals surface area contributed by atoms with Gasteiger partial charge in [0, 0.05) is 0 Å². The topological polar surface area (TPSA) is 20.2 Å². The second kappa shape index (κ2) is 3.48. The zero-order chi connectivity index (χ0) is 9.52. The van der Waals surface area contributed by atoms with Crippen LogP contribution in [0.4, 0.5) is 0 Å². The molecule has 0 spiro atoms. The number of rotatable bonds is 1. The molecular formula is C9H16BIO. The van der Waals surface area contributed by atoms with Crippen molar-refractivity contribution in [2.24, 2.45) is 17.8 Å². The van der Waals surface area contributed by atoms with Crippen molar-refractivity contribution in [2.75, 3.05) is 6.61 Å². The SMILES string of the molecule is [B][C@H]1[C@H](C)[C@H](C)C(I)(CO)[C@@H]1C. The lowest BCUT2D eigenvalue weighted by atomic mass is 9.74. The van der Waals surface area contributed by atoms with E-state index in [1.165, 1.54) is 0 Å².